The molecule has 0 fully saturated rings. The first-order valence-electron chi connectivity index (χ1n) is 8.10. The fourth-order valence-corrected chi connectivity index (χ4v) is 3.48. The third-order valence-corrected chi connectivity index (χ3v) is 4.99. The summed E-state index contributed by atoms with van der Waals surface area (Å²) in [5, 5.41) is 0. The normalized spacial score (nSPS) is 19.6. The second kappa shape index (κ2) is 5.45. The third-order valence-electron chi connectivity index (χ3n) is 4.99. The summed E-state index contributed by atoms with van der Waals surface area (Å²) in [5.41, 5.74) is 5.18. The maximum Gasteiger partial charge on any atom is 0.223 e. The van der Waals surface area contributed by atoms with Crippen LogP contribution in [0, 0.1) is 5.41 Å². The van der Waals surface area contributed by atoms with Crippen LogP contribution >= 0.6 is 0 Å². The Labute approximate surface area is 133 Å². The number of hydrogen-bond acceptors (Lipinski definition) is 2. The number of anilines is 1. The van der Waals surface area contributed by atoms with Gasteiger partial charge in [-0.3, -0.25) is 4.79 Å². The predicted molar refractivity (Wildman–Crippen MR) is 90.3 cm³/mol. The van der Waals surface area contributed by atoms with Gasteiger partial charge in [-0.2, -0.15) is 0 Å². The fraction of sp³-hybridized carbons (Fsp3) is 0.526. The molecule has 3 nitrogen and oxygen atoms in total. The number of amides is 1. The van der Waals surface area contributed by atoms with Gasteiger partial charge >= 0.3 is 0 Å². The number of nitrogens with zero attached hydrogens (tertiary/aromatic N) is 1. The highest BCUT2D eigenvalue weighted by Gasteiger charge is 2.27. The molecule has 1 aromatic carbocycles. The van der Waals surface area contributed by atoms with Gasteiger partial charge < -0.3 is 9.64 Å². The van der Waals surface area contributed by atoms with E-state index in [9.17, 15) is 4.79 Å². The highest BCUT2D eigenvalue weighted by Crippen LogP contribution is 2.43. The van der Waals surface area contributed by atoms with Crippen molar-refractivity contribution in [3.8, 4) is 5.75 Å². The molecule has 3 heteroatoms. The average molecular weight is 299 g/mol. The zero-order valence-electron chi connectivity index (χ0n) is 14.0. The second-order valence-electron chi connectivity index (χ2n) is 7.20. The van der Waals surface area contributed by atoms with Gasteiger partial charge in [0.1, 0.15) is 5.75 Å². The highest BCUT2D eigenvalue weighted by molar-refractivity contribution is 5.95. The molecule has 0 saturated heterocycles. The fourth-order valence-electron chi connectivity index (χ4n) is 3.48. The van der Waals surface area contributed by atoms with Crippen LogP contribution in [0.15, 0.2) is 18.2 Å². The van der Waals surface area contributed by atoms with Crippen LogP contribution < -0.4 is 9.64 Å². The van der Waals surface area contributed by atoms with E-state index in [1.807, 2.05) is 4.90 Å². The van der Waals surface area contributed by atoms with Crippen molar-refractivity contribution in [1.29, 1.82) is 0 Å². The maximum atomic E-state index is 11.8. The largest absolute Gasteiger partial charge is 0.496 e. The van der Waals surface area contributed by atoms with Crippen LogP contribution in [0.4, 0.5) is 5.69 Å². The van der Waals surface area contributed by atoms with Crippen molar-refractivity contribution in [3.05, 3.63) is 29.3 Å². The maximum absolute atomic E-state index is 11.8. The molecule has 1 aromatic rings. The van der Waals surface area contributed by atoms with Crippen LogP contribution in [0.1, 0.15) is 51.2 Å². The molecular formula is C19H25NO2. The molecule has 0 aromatic heterocycles. The van der Waals surface area contributed by atoms with E-state index in [1.165, 1.54) is 17.6 Å². The smallest absolute Gasteiger partial charge is 0.223 e. The molecule has 1 aliphatic heterocycles. The first-order valence-corrected chi connectivity index (χ1v) is 8.10. The zero-order chi connectivity index (χ0) is 15.9. The molecular weight excluding hydrogens is 274 g/mol. The van der Waals surface area contributed by atoms with Crippen molar-refractivity contribution in [2.45, 2.75) is 46.5 Å². The quantitative estimate of drug-likeness (QED) is 0.819. The van der Waals surface area contributed by atoms with Crippen molar-refractivity contribution in [1.82, 2.24) is 0 Å². The van der Waals surface area contributed by atoms with Gasteiger partial charge in [-0.25, -0.2) is 0 Å². The Morgan fingerprint density at radius 3 is 2.64 bits per heavy atom. The Hall–Kier alpha value is -1.77. The van der Waals surface area contributed by atoms with Crippen LogP contribution in [-0.4, -0.2) is 19.6 Å². The molecule has 2 aliphatic rings. The van der Waals surface area contributed by atoms with Crippen molar-refractivity contribution in [2.75, 3.05) is 18.6 Å². The van der Waals surface area contributed by atoms with Crippen molar-refractivity contribution < 1.29 is 9.53 Å². The molecule has 1 heterocycles. The number of carbonyl (C=O) groups excluding carboxylic acids is 1. The van der Waals surface area contributed by atoms with Crippen LogP contribution in [0.3, 0.4) is 0 Å². The number of fused-ring (bicyclic) bond motifs is 1. The van der Waals surface area contributed by atoms with Crippen molar-refractivity contribution in [2.24, 2.45) is 5.41 Å². The lowest BCUT2D eigenvalue weighted by molar-refractivity contribution is -0.116. The number of carbonyl (C=O) groups is 1. The Kier molecular flexibility index (Phi) is 3.75. The minimum atomic E-state index is 0.119. The van der Waals surface area contributed by atoms with Gasteiger partial charge in [-0.15, -0.1) is 0 Å². The predicted octanol–water partition coefficient (Wildman–Crippen LogP) is 4.20. The Balaban J connectivity index is 2.03. The number of allylic oxidation sites excluding steroid dienone is 2. The summed E-state index contributed by atoms with van der Waals surface area (Å²) < 4.78 is 5.63. The summed E-state index contributed by atoms with van der Waals surface area (Å²) in [7, 11) is 1.73. The lowest BCUT2D eigenvalue weighted by Crippen LogP contribution is -2.25. The topological polar surface area (TPSA) is 29.5 Å². The molecule has 0 unspecified atom stereocenters. The van der Waals surface area contributed by atoms with Crippen molar-refractivity contribution >= 4 is 17.2 Å². The Morgan fingerprint density at radius 2 is 2.05 bits per heavy atom. The van der Waals surface area contributed by atoms with Crippen LogP contribution in [-0.2, 0) is 11.2 Å². The molecule has 0 spiro atoms. The Bertz CT molecular complexity index is 643. The second-order valence-corrected chi connectivity index (χ2v) is 7.20. The molecule has 1 amide bonds. The van der Waals surface area contributed by atoms with Gasteiger partial charge in [0.15, 0.2) is 0 Å². The number of benzene rings is 1. The van der Waals surface area contributed by atoms with Gasteiger partial charge in [-0.05, 0) is 54.4 Å². The van der Waals surface area contributed by atoms with E-state index in [4.69, 9.17) is 4.74 Å². The zero-order valence-corrected chi connectivity index (χ0v) is 14.0. The lowest BCUT2D eigenvalue weighted by Gasteiger charge is -2.29. The molecule has 0 bridgehead atoms. The third kappa shape index (κ3) is 2.65. The van der Waals surface area contributed by atoms with E-state index >= 15 is 0 Å². The van der Waals surface area contributed by atoms with E-state index in [0.717, 1.165) is 42.8 Å². The van der Waals surface area contributed by atoms with E-state index < -0.39 is 0 Å². The summed E-state index contributed by atoms with van der Waals surface area (Å²) in [6.07, 6.45) is 6.62. The highest BCUT2D eigenvalue weighted by atomic mass is 16.5. The standard InChI is InChI=1S/C19H25NO2/c1-13(21)20-10-7-15-11-18(22-4)16(12-17(15)20)14-5-8-19(2,3)9-6-14/h5,11-12H,6-10H2,1-4H3. The lowest BCUT2D eigenvalue weighted by atomic mass is 9.77. The summed E-state index contributed by atoms with van der Waals surface area (Å²) in [5.74, 6) is 1.06. The average Bonchev–Trinajstić information content (AvgIpc) is 2.89. The molecule has 0 radical (unpaired) electrons. The van der Waals surface area contributed by atoms with Crippen LogP contribution in [0.5, 0.6) is 5.75 Å². The number of rotatable bonds is 2. The van der Waals surface area contributed by atoms with Gasteiger partial charge in [-0.1, -0.05) is 19.9 Å². The Morgan fingerprint density at radius 1 is 1.27 bits per heavy atom. The molecule has 0 atom stereocenters. The minimum Gasteiger partial charge on any atom is -0.496 e. The van der Waals surface area contributed by atoms with Crippen LogP contribution in [0.2, 0.25) is 0 Å². The SMILES string of the molecule is COc1cc2c(cc1C1=CCC(C)(C)CC1)N(C(C)=O)CC2. The van der Waals surface area contributed by atoms with E-state index in [0.29, 0.717) is 5.41 Å². The summed E-state index contributed by atoms with van der Waals surface area (Å²) >= 11 is 0. The number of ether oxygens (including phenoxy) is 1. The van der Waals surface area contributed by atoms with Gasteiger partial charge in [0.05, 0.1) is 7.11 Å². The van der Waals surface area contributed by atoms with Gasteiger partial charge in [0.2, 0.25) is 5.91 Å². The monoisotopic (exact) mass is 299 g/mol. The molecule has 0 N–H and O–H groups in total. The van der Waals surface area contributed by atoms with Gasteiger partial charge in [0.25, 0.3) is 0 Å². The first kappa shape index (κ1) is 15.1. The van der Waals surface area contributed by atoms with Crippen molar-refractivity contribution in [3.63, 3.8) is 0 Å². The van der Waals surface area contributed by atoms with Crippen LogP contribution in [0.25, 0.3) is 5.57 Å². The molecule has 118 valence electrons. The molecule has 3 rings (SSSR count). The number of hydrogen-bond donors (Lipinski definition) is 0. The summed E-state index contributed by atoms with van der Waals surface area (Å²) in [4.78, 5) is 13.7. The number of methoxy groups -OCH3 is 1. The summed E-state index contributed by atoms with van der Waals surface area (Å²) in [6, 6.07) is 4.28. The van der Waals surface area contributed by atoms with E-state index in [-0.39, 0.29) is 5.91 Å². The van der Waals surface area contributed by atoms with Gasteiger partial charge in [0, 0.05) is 24.7 Å². The minimum absolute atomic E-state index is 0.119. The molecule has 1 aliphatic carbocycles. The summed E-state index contributed by atoms with van der Waals surface area (Å²) in [6.45, 7) is 7.06. The van der Waals surface area contributed by atoms with E-state index in [2.05, 4.69) is 32.1 Å². The molecule has 0 saturated carbocycles. The molecule has 22 heavy (non-hydrogen) atoms. The van der Waals surface area contributed by atoms with E-state index in [1.54, 1.807) is 14.0 Å². The first-order chi connectivity index (χ1) is 10.4.